The average Bonchev–Trinajstić information content (AvgIpc) is 2.67. The average molecular weight is 540 g/mol. The molecule has 0 unspecified atom stereocenters. The summed E-state index contributed by atoms with van der Waals surface area (Å²) in [6, 6.07) is 7.91. The molecule has 9 heteroatoms. The molecule has 1 saturated heterocycles. The fourth-order valence-corrected chi connectivity index (χ4v) is 3.69. The van der Waals surface area contributed by atoms with Crippen LogP contribution >= 0.6 is 47.3 Å². The van der Waals surface area contributed by atoms with E-state index in [1.54, 1.807) is 18.7 Å². The summed E-state index contributed by atoms with van der Waals surface area (Å²) in [7, 11) is 0. The van der Waals surface area contributed by atoms with Gasteiger partial charge in [0.15, 0.2) is 5.96 Å². The fourth-order valence-electron chi connectivity index (χ4n) is 2.80. The standard InChI is InChI=1S/C19H30ClN5OS.HI/c1-3-21-19(23-9-15-27-18-6-4-17(20)5-7-18)22-8-10-24-11-13-25(14-12-24)16(2)26;/h4-7H,3,8-15H2,1-2H3,(H2,21,22,23);1H. The molecule has 2 N–H and O–H groups in total. The maximum Gasteiger partial charge on any atom is 0.219 e. The molecule has 0 bridgehead atoms. The number of hydrogen-bond acceptors (Lipinski definition) is 4. The number of rotatable bonds is 8. The van der Waals surface area contributed by atoms with E-state index < -0.39 is 0 Å². The van der Waals surface area contributed by atoms with Crippen LogP contribution in [0.15, 0.2) is 34.2 Å². The first kappa shape index (κ1) is 25.3. The third-order valence-electron chi connectivity index (χ3n) is 4.32. The first-order valence-electron chi connectivity index (χ1n) is 9.47. The lowest BCUT2D eigenvalue weighted by Gasteiger charge is -2.33. The van der Waals surface area contributed by atoms with Crippen molar-refractivity contribution in [1.29, 1.82) is 0 Å². The molecule has 28 heavy (non-hydrogen) atoms. The number of thioether (sulfide) groups is 1. The SMILES string of the molecule is CCNC(=NCCN1CCN(C(C)=O)CC1)NCCSc1ccc(Cl)cc1.I. The number of guanidine groups is 1. The maximum absolute atomic E-state index is 11.4. The van der Waals surface area contributed by atoms with E-state index in [2.05, 4.69) is 27.4 Å². The molecule has 0 spiro atoms. The molecule has 6 nitrogen and oxygen atoms in total. The van der Waals surface area contributed by atoms with Gasteiger partial charge in [-0.05, 0) is 31.2 Å². The number of carbonyl (C=O) groups is 1. The molecule has 158 valence electrons. The quantitative estimate of drug-likeness (QED) is 0.175. The minimum absolute atomic E-state index is 0. The predicted molar refractivity (Wildman–Crippen MR) is 130 cm³/mol. The number of piperazine rings is 1. The van der Waals surface area contributed by atoms with Crippen molar-refractivity contribution >= 4 is 59.2 Å². The first-order chi connectivity index (χ1) is 13.1. The Kier molecular flexibility index (Phi) is 12.9. The molecule has 0 radical (unpaired) electrons. The zero-order valence-corrected chi connectivity index (χ0v) is 20.5. The van der Waals surface area contributed by atoms with E-state index in [0.717, 1.165) is 69.1 Å². The van der Waals surface area contributed by atoms with Crippen LogP contribution < -0.4 is 10.6 Å². The van der Waals surface area contributed by atoms with Gasteiger partial charge in [-0.2, -0.15) is 0 Å². The second kappa shape index (κ2) is 14.3. The number of halogens is 2. The van der Waals surface area contributed by atoms with Crippen molar-refractivity contribution in [2.75, 3.05) is 58.1 Å². The summed E-state index contributed by atoms with van der Waals surface area (Å²) < 4.78 is 0. The van der Waals surface area contributed by atoms with Crippen molar-refractivity contribution in [1.82, 2.24) is 20.4 Å². The highest BCUT2D eigenvalue weighted by Crippen LogP contribution is 2.19. The number of amides is 1. The normalized spacial score (nSPS) is 15.1. The summed E-state index contributed by atoms with van der Waals surface area (Å²) in [6.07, 6.45) is 0. The van der Waals surface area contributed by atoms with Gasteiger partial charge in [0.2, 0.25) is 5.91 Å². The zero-order valence-electron chi connectivity index (χ0n) is 16.6. The van der Waals surface area contributed by atoms with Crippen molar-refractivity contribution in [2.45, 2.75) is 18.7 Å². The Labute approximate surface area is 194 Å². The molecule has 1 fully saturated rings. The number of hydrogen-bond donors (Lipinski definition) is 2. The summed E-state index contributed by atoms with van der Waals surface area (Å²) in [5.41, 5.74) is 0. The number of aliphatic imine (C=N–C) groups is 1. The molecule has 1 aliphatic rings. The molecule has 1 amide bonds. The predicted octanol–water partition coefficient (Wildman–Crippen LogP) is 2.77. The minimum atomic E-state index is 0. The lowest BCUT2D eigenvalue weighted by atomic mass is 10.3. The van der Waals surface area contributed by atoms with Crippen LogP contribution in [-0.4, -0.2) is 79.8 Å². The molecule has 0 atom stereocenters. The smallest absolute Gasteiger partial charge is 0.219 e. The number of nitrogens with zero attached hydrogens (tertiary/aromatic N) is 3. The Morgan fingerprint density at radius 2 is 1.86 bits per heavy atom. The summed E-state index contributed by atoms with van der Waals surface area (Å²) in [4.78, 5) is 21.5. The summed E-state index contributed by atoms with van der Waals surface area (Å²) in [6.45, 7) is 10.6. The van der Waals surface area contributed by atoms with Gasteiger partial charge in [-0.25, -0.2) is 0 Å². The molecule has 2 rings (SSSR count). The second-order valence-electron chi connectivity index (χ2n) is 6.34. The van der Waals surface area contributed by atoms with Crippen molar-refractivity contribution in [2.24, 2.45) is 4.99 Å². The van der Waals surface area contributed by atoms with Gasteiger partial charge < -0.3 is 15.5 Å². The van der Waals surface area contributed by atoms with Gasteiger partial charge in [0.05, 0.1) is 6.54 Å². The molecule has 1 aromatic rings. The number of nitrogens with one attached hydrogen (secondary N) is 2. The molecule has 0 aliphatic carbocycles. The third kappa shape index (κ3) is 9.67. The van der Waals surface area contributed by atoms with Gasteiger partial charge in [-0.3, -0.25) is 14.7 Å². The van der Waals surface area contributed by atoms with Crippen LogP contribution in [0.4, 0.5) is 0 Å². The maximum atomic E-state index is 11.4. The Hall–Kier alpha value is -0.710. The van der Waals surface area contributed by atoms with Crippen molar-refractivity contribution in [3.8, 4) is 0 Å². The van der Waals surface area contributed by atoms with Crippen LogP contribution in [0.25, 0.3) is 0 Å². The van der Waals surface area contributed by atoms with Crippen LogP contribution in [0.2, 0.25) is 5.02 Å². The highest BCUT2D eigenvalue weighted by Gasteiger charge is 2.17. The van der Waals surface area contributed by atoms with E-state index in [9.17, 15) is 4.79 Å². The van der Waals surface area contributed by atoms with Crippen molar-refractivity contribution in [3.05, 3.63) is 29.3 Å². The molecule has 0 saturated carbocycles. The van der Waals surface area contributed by atoms with E-state index in [4.69, 9.17) is 11.6 Å². The fraction of sp³-hybridized carbons (Fsp3) is 0.579. The lowest BCUT2D eigenvalue weighted by Crippen LogP contribution is -2.48. The Morgan fingerprint density at radius 3 is 2.46 bits per heavy atom. The molecule has 1 aromatic carbocycles. The van der Waals surface area contributed by atoms with E-state index in [1.807, 2.05) is 29.2 Å². The van der Waals surface area contributed by atoms with Crippen LogP contribution in [0, 0.1) is 0 Å². The van der Waals surface area contributed by atoms with Gasteiger partial charge in [0.1, 0.15) is 0 Å². The van der Waals surface area contributed by atoms with Crippen LogP contribution in [0.5, 0.6) is 0 Å². The number of carbonyl (C=O) groups excluding carboxylic acids is 1. The van der Waals surface area contributed by atoms with E-state index in [-0.39, 0.29) is 29.9 Å². The highest BCUT2D eigenvalue weighted by molar-refractivity contribution is 14.0. The topological polar surface area (TPSA) is 60.0 Å². The monoisotopic (exact) mass is 539 g/mol. The Balaban J connectivity index is 0.00000392. The molecular formula is C19H31ClIN5OS. The summed E-state index contributed by atoms with van der Waals surface area (Å²) in [5, 5.41) is 7.44. The third-order valence-corrected chi connectivity index (χ3v) is 5.59. The van der Waals surface area contributed by atoms with E-state index in [0.29, 0.717) is 0 Å². The molecule has 0 aromatic heterocycles. The zero-order chi connectivity index (χ0) is 19.5. The van der Waals surface area contributed by atoms with Crippen LogP contribution in [-0.2, 0) is 4.79 Å². The molecule has 1 aliphatic heterocycles. The molecule has 1 heterocycles. The minimum Gasteiger partial charge on any atom is -0.357 e. The van der Waals surface area contributed by atoms with Crippen LogP contribution in [0.1, 0.15) is 13.8 Å². The van der Waals surface area contributed by atoms with Gasteiger partial charge in [-0.1, -0.05) is 11.6 Å². The van der Waals surface area contributed by atoms with Crippen LogP contribution in [0.3, 0.4) is 0 Å². The van der Waals surface area contributed by atoms with Gasteiger partial charge in [0.25, 0.3) is 0 Å². The van der Waals surface area contributed by atoms with Gasteiger partial charge >= 0.3 is 0 Å². The number of benzene rings is 1. The lowest BCUT2D eigenvalue weighted by molar-refractivity contribution is -0.130. The first-order valence-corrected chi connectivity index (χ1v) is 10.8. The second-order valence-corrected chi connectivity index (χ2v) is 7.94. The van der Waals surface area contributed by atoms with Gasteiger partial charge in [0, 0.05) is 68.4 Å². The highest BCUT2D eigenvalue weighted by atomic mass is 127. The van der Waals surface area contributed by atoms with Gasteiger partial charge in [-0.15, -0.1) is 35.7 Å². The summed E-state index contributed by atoms with van der Waals surface area (Å²) in [5.74, 6) is 1.98. The molecular weight excluding hydrogens is 509 g/mol. The van der Waals surface area contributed by atoms with E-state index >= 15 is 0 Å². The van der Waals surface area contributed by atoms with Crippen molar-refractivity contribution in [3.63, 3.8) is 0 Å². The Bertz CT molecular complexity index is 609. The van der Waals surface area contributed by atoms with Crippen molar-refractivity contribution < 1.29 is 4.79 Å². The Morgan fingerprint density at radius 1 is 1.18 bits per heavy atom. The van der Waals surface area contributed by atoms with E-state index in [1.165, 1.54) is 4.90 Å². The largest absolute Gasteiger partial charge is 0.357 e. The summed E-state index contributed by atoms with van der Waals surface area (Å²) >= 11 is 7.70.